The van der Waals surface area contributed by atoms with Gasteiger partial charge in [-0.25, -0.2) is 5.43 Å². The summed E-state index contributed by atoms with van der Waals surface area (Å²) in [6.45, 7) is 2.41. The lowest BCUT2D eigenvalue weighted by Gasteiger charge is -2.19. The summed E-state index contributed by atoms with van der Waals surface area (Å²) in [5.74, 6) is -1.09. The molecule has 3 N–H and O–H groups in total. The summed E-state index contributed by atoms with van der Waals surface area (Å²) in [5, 5.41) is 9.50. The van der Waals surface area contributed by atoms with Gasteiger partial charge in [0, 0.05) is 35.9 Å². The Kier molecular flexibility index (Phi) is 11.8. The second-order valence-corrected chi connectivity index (χ2v) is 11.4. The molecule has 2 amide bonds. The maximum Gasteiger partial charge on any atom is 0.417 e. The van der Waals surface area contributed by atoms with Gasteiger partial charge in [0.2, 0.25) is 0 Å². The van der Waals surface area contributed by atoms with Crippen molar-refractivity contribution in [3.05, 3.63) is 128 Å². The van der Waals surface area contributed by atoms with Gasteiger partial charge in [0.05, 0.1) is 28.1 Å². The molecule has 0 bridgehead atoms. The minimum absolute atomic E-state index is 0.0871. The third kappa shape index (κ3) is 9.90. The summed E-state index contributed by atoms with van der Waals surface area (Å²) in [6.07, 6.45) is -2.59. The van der Waals surface area contributed by atoms with Gasteiger partial charge in [-0.05, 0) is 78.7 Å². The molecule has 0 aromatic heterocycles. The van der Waals surface area contributed by atoms with Crippen LogP contribution in [0.1, 0.15) is 43.8 Å². The first kappa shape index (κ1) is 33.7. The van der Waals surface area contributed by atoms with Crippen molar-refractivity contribution in [3.8, 4) is 0 Å². The Morgan fingerprint density at radius 3 is 2.40 bits per heavy atom. The van der Waals surface area contributed by atoms with E-state index in [1.165, 1.54) is 17.8 Å². The van der Waals surface area contributed by atoms with Gasteiger partial charge in [-0.3, -0.25) is 9.59 Å². The average Bonchev–Trinajstić information content (AvgIpc) is 3.02. The van der Waals surface area contributed by atoms with Crippen molar-refractivity contribution in [3.63, 3.8) is 0 Å². The predicted molar refractivity (Wildman–Crippen MR) is 176 cm³/mol. The summed E-state index contributed by atoms with van der Waals surface area (Å²) in [7, 11) is 2.07. The third-order valence-corrected chi connectivity index (χ3v) is 7.56. The highest BCUT2D eigenvalue weighted by molar-refractivity contribution is 9.10. The van der Waals surface area contributed by atoms with Crippen LogP contribution >= 0.6 is 27.5 Å². The van der Waals surface area contributed by atoms with Gasteiger partial charge in [0.25, 0.3) is 11.8 Å². The van der Waals surface area contributed by atoms with Gasteiger partial charge in [0.15, 0.2) is 0 Å². The van der Waals surface area contributed by atoms with Crippen molar-refractivity contribution in [1.29, 1.82) is 0 Å². The van der Waals surface area contributed by atoms with Crippen LogP contribution < -0.4 is 21.0 Å². The van der Waals surface area contributed by atoms with Crippen LogP contribution in [0.15, 0.2) is 101 Å². The SMILES string of the molecule is CN(CCCNCc1ccc(C(=O)Nc2ccc(Br)cc2C(=O)NN=Cc2ccc(Cl)c(C(F)(F)F)c2)cc1)c1ccccc1. The second-order valence-electron chi connectivity index (χ2n) is 10.1. The molecule has 7 nitrogen and oxygen atoms in total. The summed E-state index contributed by atoms with van der Waals surface area (Å²) < 4.78 is 40.0. The smallest absolute Gasteiger partial charge is 0.375 e. The Hall–Kier alpha value is -4.19. The fourth-order valence-electron chi connectivity index (χ4n) is 4.33. The van der Waals surface area contributed by atoms with Crippen molar-refractivity contribution in [2.45, 2.75) is 19.1 Å². The summed E-state index contributed by atoms with van der Waals surface area (Å²) in [5.41, 5.74) is 4.29. The van der Waals surface area contributed by atoms with Crippen LogP contribution in [0.25, 0.3) is 0 Å². The number of hydrogen-bond donors (Lipinski definition) is 3. The zero-order valence-electron chi connectivity index (χ0n) is 24.2. The molecule has 12 heteroatoms. The topological polar surface area (TPSA) is 85.8 Å². The van der Waals surface area contributed by atoms with Crippen LogP contribution in [-0.4, -0.2) is 38.2 Å². The number of hydrogen-bond acceptors (Lipinski definition) is 5. The summed E-state index contributed by atoms with van der Waals surface area (Å²) in [6, 6.07) is 25.3. The van der Waals surface area contributed by atoms with E-state index >= 15 is 0 Å². The van der Waals surface area contributed by atoms with Gasteiger partial charge in [-0.2, -0.15) is 18.3 Å². The predicted octanol–water partition coefficient (Wildman–Crippen LogP) is 7.75. The number of rotatable bonds is 12. The molecular weight excluding hydrogens is 671 g/mol. The monoisotopic (exact) mass is 699 g/mol. The molecule has 0 atom stereocenters. The largest absolute Gasteiger partial charge is 0.417 e. The van der Waals surface area contributed by atoms with Crippen LogP contribution in [0.3, 0.4) is 0 Å². The number of nitrogens with one attached hydrogen (secondary N) is 3. The van der Waals surface area contributed by atoms with Crippen molar-refractivity contribution in [1.82, 2.24) is 10.7 Å². The zero-order valence-corrected chi connectivity index (χ0v) is 26.5. The molecule has 234 valence electrons. The van der Waals surface area contributed by atoms with Gasteiger partial charge < -0.3 is 15.5 Å². The molecule has 45 heavy (non-hydrogen) atoms. The maximum atomic E-state index is 13.1. The minimum atomic E-state index is -4.63. The lowest BCUT2D eigenvalue weighted by molar-refractivity contribution is -0.137. The van der Waals surface area contributed by atoms with Crippen LogP contribution in [-0.2, 0) is 12.7 Å². The van der Waals surface area contributed by atoms with E-state index in [1.54, 1.807) is 24.3 Å². The molecule has 0 aliphatic rings. The number of amides is 2. The molecule has 0 radical (unpaired) electrons. The van der Waals surface area contributed by atoms with Crippen molar-refractivity contribution < 1.29 is 22.8 Å². The van der Waals surface area contributed by atoms with E-state index < -0.39 is 28.6 Å². The van der Waals surface area contributed by atoms with Crippen molar-refractivity contribution in [2.75, 3.05) is 30.4 Å². The Labute approximate surface area is 272 Å². The molecule has 0 heterocycles. The number of benzene rings is 4. The summed E-state index contributed by atoms with van der Waals surface area (Å²) in [4.78, 5) is 28.1. The number of hydrazone groups is 1. The molecule has 0 saturated carbocycles. The van der Waals surface area contributed by atoms with Gasteiger partial charge in [0.1, 0.15) is 0 Å². The second kappa shape index (κ2) is 15.7. The number of nitrogens with zero attached hydrogens (tertiary/aromatic N) is 2. The molecule has 4 aromatic carbocycles. The number of alkyl halides is 3. The first-order valence-electron chi connectivity index (χ1n) is 13.9. The van der Waals surface area contributed by atoms with E-state index in [0.717, 1.165) is 43.4 Å². The first-order valence-corrected chi connectivity index (χ1v) is 15.1. The highest BCUT2D eigenvalue weighted by Crippen LogP contribution is 2.34. The van der Waals surface area contributed by atoms with Crippen molar-refractivity contribution in [2.24, 2.45) is 5.10 Å². The number of halogens is 5. The highest BCUT2D eigenvalue weighted by atomic mass is 79.9. The molecule has 4 rings (SSSR count). The minimum Gasteiger partial charge on any atom is -0.375 e. The average molecular weight is 701 g/mol. The van der Waals surface area contributed by atoms with Gasteiger partial charge in [-0.1, -0.05) is 63.9 Å². The number of para-hydroxylation sites is 1. The lowest BCUT2D eigenvalue weighted by Crippen LogP contribution is -2.23. The van der Waals surface area contributed by atoms with Crippen LogP contribution in [0.2, 0.25) is 5.02 Å². The zero-order chi connectivity index (χ0) is 32.4. The van der Waals surface area contributed by atoms with E-state index in [9.17, 15) is 22.8 Å². The van der Waals surface area contributed by atoms with E-state index in [4.69, 9.17) is 11.6 Å². The Morgan fingerprint density at radius 2 is 1.69 bits per heavy atom. The van der Waals surface area contributed by atoms with Crippen LogP contribution in [0.4, 0.5) is 24.5 Å². The third-order valence-electron chi connectivity index (χ3n) is 6.74. The molecule has 4 aromatic rings. The molecule has 0 aliphatic heterocycles. The molecule has 0 spiro atoms. The highest BCUT2D eigenvalue weighted by Gasteiger charge is 2.33. The lowest BCUT2D eigenvalue weighted by atomic mass is 10.1. The molecule has 0 fully saturated rings. The molecular formula is C33H30BrClF3N5O2. The molecule has 0 unspecified atom stereocenters. The fraction of sp³-hybridized carbons (Fsp3) is 0.182. The van der Waals surface area contributed by atoms with E-state index in [-0.39, 0.29) is 16.8 Å². The van der Waals surface area contributed by atoms with Crippen LogP contribution in [0, 0.1) is 0 Å². The van der Waals surface area contributed by atoms with E-state index in [0.29, 0.717) is 16.6 Å². The van der Waals surface area contributed by atoms with E-state index in [2.05, 4.69) is 61.2 Å². The van der Waals surface area contributed by atoms with Gasteiger partial charge >= 0.3 is 6.18 Å². The van der Waals surface area contributed by atoms with E-state index in [1.807, 2.05) is 30.3 Å². The Morgan fingerprint density at radius 1 is 0.956 bits per heavy atom. The summed E-state index contributed by atoms with van der Waals surface area (Å²) >= 11 is 8.96. The van der Waals surface area contributed by atoms with Crippen molar-refractivity contribution >= 4 is 56.9 Å². The standard InChI is InChI=1S/C33H30BrClF3N5O2/c1-43(26-6-3-2-4-7-26)17-5-16-39-20-22-8-11-24(12-9-22)31(44)41-30-15-13-25(34)19-27(30)32(45)42-40-21-23-10-14-29(35)28(18-23)33(36,37)38/h2-4,6-15,18-19,21,39H,5,16-17,20H2,1H3,(H,41,44)(H,42,45). The van der Waals surface area contributed by atoms with Crippen LogP contribution in [0.5, 0.6) is 0 Å². The molecule has 0 aliphatic carbocycles. The fourth-order valence-corrected chi connectivity index (χ4v) is 4.92. The van der Waals surface area contributed by atoms with Gasteiger partial charge in [-0.15, -0.1) is 0 Å². The normalized spacial score (nSPS) is 11.4. The number of carbonyl (C=O) groups excluding carboxylic acids is 2. The number of carbonyl (C=O) groups is 2. The Bertz CT molecular complexity index is 1650. The Balaban J connectivity index is 1.30. The molecule has 0 saturated heterocycles. The maximum absolute atomic E-state index is 13.1. The quantitative estimate of drug-likeness (QED) is 0.0802. The number of anilines is 2. The first-order chi connectivity index (χ1) is 21.5.